The van der Waals surface area contributed by atoms with E-state index in [2.05, 4.69) is 15.9 Å². The summed E-state index contributed by atoms with van der Waals surface area (Å²) < 4.78 is 18.9. The minimum Gasteiger partial charge on any atom is -0.385 e. The second-order valence-electron chi connectivity index (χ2n) is 3.75. The number of hydrogen-bond acceptors (Lipinski definition) is 2. The van der Waals surface area contributed by atoms with Gasteiger partial charge in [0.15, 0.2) is 0 Å². The van der Waals surface area contributed by atoms with Crippen LogP contribution in [0.3, 0.4) is 0 Å². The van der Waals surface area contributed by atoms with Crippen LogP contribution in [0.15, 0.2) is 22.7 Å². The Kier molecular flexibility index (Phi) is 3.09. The summed E-state index contributed by atoms with van der Waals surface area (Å²) in [6.45, 7) is 1.03. The lowest BCUT2D eigenvalue weighted by Crippen LogP contribution is -2.33. The number of ether oxygens (including phenoxy) is 1. The van der Waals surface area contributed by atoms with Crippen molar-refractivity contribution in [2.24, 2.45) is 0 Å². The molecule has 2 rings (SSSR count). The van der Waals surface area contributed by atoms with E-state index < -0.39 is 5.60 Å². The van der Waals surface area contributed by atoms with Gasteiger partial charge in [0.1, 0.15) is 5.82 Å². The van der Waals surface area contributed by atoms with Gasteiger partial charge in [-0.05, 0) is 22.0 Å². The molecular weight excluding hydrogens is 263 g/mol. The molecule has 15 heavy (non-hydrogen) atoms. The maximum atomic E-state index is 13.3. The molecule has 1 aliphatic rings. The summed E-state index contributed by atoms with van der Waals surface area (Å²) in [5.74, 6) is -0.340. The molecule has 0 aliphatic carbocycles. The lowest BCUT2D eigenvalue weighted by molar-refractivity contribution is -0.0685. The number of benzene rings is 1. The van der Waals surface area contributed by atoms with Crippen LogP contribution < -0.4 is 0 Å². The second kappa shape index (κ2) is 4.20. The van der Waals surface area contributed by atoms with E-state index in [1.165, 1.54) is 6.07 Å². The molecule has 1 aromatic carbocycles. The van der Waals surface area contributed by atoms with Crippen molar-refractivity contribution in [3.05, 3.63) is 34.1 Å². The average Bonchev–Trinajstić information content (AvgIpc) is 2.23. The second-order valence-corrected chi connectivity index (χ2v) is 4.54. The molecule has 1 N–H and O–H groups in total. The third-order valence-corrected chi connectivity index (χ3v) is 3.58. The van der Waals surface area contributed by atoms with E-state index in [4.69, 9.17) is 4.74 Å². The first-order valence-corrected chi connectivity index (χ1v) is 5.67. The van der Waals surface area contributed by atoms with Crippen LogP contribution >= 0.6 is 15.9 Å². The van der Waals surface area contributed by atoms with Crippen LogP contribution in [0.4, 0.5) is 4.39 Å². The quantitative estimate of drug-likeness (QED) is 0.853. The van der Waals surface area contributed by atoms with E-state index in [0.29, 0.717) is 36.1 Å². The Morgan fingerprint density at radius 2 is 2.00 bits per heavy atom. The fourth-order valence-corrected chi connectivity index (χ4v) is 2.47. The standard InChI is InChI=1S/C11H12BrFO2/c12-10-8(2-1-3-9(10)13)11(14)4-6-15-7-5-11/h1-3,14H,4-7H2. The number of halogens is 2. The zero-order valence-corrected chi connectivity index (χ0v) is 9.76. The van der Waals surface area contributed by atoms with E-state index in [1.807, 2.05) is 0 Å². The number of hydrogen-bond donors (Lipinski definition) is 1. The maximum Gasteiger partial charge on any atom is 0.137 e. The van der Waals surface area contributed by atoms with Crippen LogP contribution in [0.5, 0.6) is 0 Å². The van der Waals surface area contributed by atoms with Gasteiger partial charge < -0.3 is 9.84 Å². The third kappa shape index (κ3) is 2.07. The lowest BCUT2D eigenvalue weighted by Gasteiger charge is -2.33. The molecule has 82 valence electrons. The van der Waals surface area contributed by atoms with Crippen LogP contribution in [-0.4, -0.2) is 18.3 Å². The summed E-state index contributed by atoms with van der Waals surface area (Å²) in [6.07, 6.45) is 1.02. The monoisotopic (exact) mass is 274 g/mol. The SMILES string of the molecule is OC1(c2cccc(F)c2Br)CCOCC1. The molecular formula is C11H12BrFO2. The summed E-state index contributed by atoms with van der Waals surface area (Å²) in [5, 5.41) is 10.4. The summed E-state index contributed by atoms with van der Waals surface area (Å²) in [7, 11) is 0. The van der Waals surface area contributed by atoms with E-state index in [0.717, 1.165) is 0 Å². The van der Waals surface area contributed by atoms with Gasteiger partial charge in [0.25, 0.3) is 0 Å². The molecule has 0 unspecified atom stereocenters. The Balaban J connectivity index is 2.39. The van der Waals surface area contributed by atoms with Gasteiger partial charge in [0, 0.05) is 31.6 Å². The summed E-state index contributed by atoms with van der Waals surface area (Å²) in [4.78, 5) is 0. The summed E-state index contributed by atoms with van der Waals surface area (Å²) in [5.41, 5.74) is -0.343. The molecule has 1 heterocycles. The Labute approximate surface area is 96.2 Å². The van der Waals surface area contributed by atoms with E-state index in [-0.39, 0.29) is 5.82 Å². The highest BCUT2D eigenvalue weighted by atomic mass is 79.9. The Hall–Kier alpha value is -0.450. The minimum atomic E-state index is -0.959. The normalized spacial score (nSPS) is 20.2. The van der Waals surface area contributed by atoms with Crippen molar-refractivity contribution in [3.8, 4) is 0 Å². The van der Waals surface area contributed by atoms with Crippen molar-refractivity contribution in [1.29, 1.82) is 0 Å². The third-order valence-electron chi connectivity index (χ3n) is 2.77. The molecule has 0 aromatic heterocycles. The molecule has 0 spiro atoms. The minimum absolute atomic E-state index is 0.340. The predicted octanol–water partition coefficient (Wildman–Crippen LogP) is 2.59. The van der Waals surface area contributed by atoms with Crippen LogP contribution in [-0.2, 0) is 10.3 Å². The van der Waals surface area contributed by atoms with Crippen molar-refractivity contribution in [2.75, 3.05) is 13.2 Å². The smallest absolute Gasteiger partial charge is 0.137 e. The highest BCUT2D eigenvalue weighted by Gasteiger charge is 2.33. The molecule has 0 saturated carbocycles. The first-order chi connectivity index (χ1) is 7.13. The van der Waals surface area contributed by atoms with Crippen molar-refractivity contribution in [3.63, 3.8) is 0 Å². The van der Waals surface area contributed by atoms with Gasteiger partial charge in [0.05, 0.1) is 10.1 Å². The molecule has 1 aromatic rings. The summed E-state index contributed by atoms with van der Waals surface area (Å²) in [6, 6.07) is 4.73. The van der Waals surface area contributed by atoms with Gasteiger partial charge in [0.2, 0.25) is 0 Å². The Bertz CT molecular complexity index is 362. The Morgan fingerprint density at radius 1 is 1.33 bits per heavy atom. The number of rotatable bonds is 1. The van der Waals surface area contributed by atoms with Crippen LogP contribution in [0.2, 0.25) is 0 Å². The fourth-order valence-electron chi connectivity index (χ4n) is 1.84. The van der Waals surface area contributed by atoms with Crippen molar-refractivity contribution < 1.29 is 14.2 Å². The fraction of sp³-hybridized carbons (Fsp3) is 0.455. The van der Waals surface area contributed by atoms with Gasteiger partial charge in [-0.2, -0.15) is 0 Å². The zero-order valence-electron chi connectivity index (χ0n) is 8.17. The molecule has 1 saturated heterocycles. The van der Waals surface area contributed by atoms with Gasteiger partial charge in [-0.15, -0.1) is 0 Å². The lowest BCUT2D eigenvalue weighted by atomic mass is 9.86. The van der Waals surface area contributed by atoms with Crippen LogP contribution in [0.25, 0.3) is 0 Å². The molecule has 0 amide bonds. The summed E-state index contributed by atoms with van der Waals surface area (Å²) >= 11 is 3.18. The molecule has 1 aliphatic heterocycles. The highest BCUT2D eigenvalue weighted by molar-refractivity contribution is 9.10. The molecule has 2 nitrogen and oxygen atoms in total. The van der Waals surface area contributed by atoms with E-state index in [1.54, 1.807) is 12.1 Å². The largest absolute Gasteiger partial charge is 0.385 e. The van der Waals surface area contributed by atoms with Crippen molar-refractivity contribution >= 4 is 15.9 Å². The van der Waals surface area contributed by atoms with E-state index >= 15 is 0 Å². The van der Waals surface area contributed by atoms with Gasteiger partial charge in [-0.25, -0.2) is 4.39 Å². The Morgan fingerprint density at radius 3 is 2.67 bits per heavy atom. The van der Waals surface area contributed by atoms with Gasteiger partial charge >= 0.3 is 0 Å². The molecule has 0 radical (unpaired) electrons. The van der Waals surface area contributed by atoms with Crippen molar-refractivity contribution in [1.82, 2.24) is 0 Å². The average molecular weight is 275 g/mol. The first kappa shape index (κ1) is 11.0. The highest BCUT2D eigenvalue weighted by Crippen LogP contribution is 2.37. The van der Waals surface area contributed by atoms with Gasteiger partial charge in [-0.3, -0.25) is 0 Å². The molecule has 4 heteroatoms. The van der Waals surface area contributed by atoms with Gasteiger partial charge in [-0.1, -0.05) is 12.1 Å². The van der Waals surface area contributed by atoms with Crippen LogP contribution in [0, 0.1) is 5.82 Å². The van der Waals surface area contributed by atoms with Crippen LogP contribution in [0.1, 0.15) is 18.4 Å². The zero-order chi connectivity index (χ0) is 10.9. The van der Waals surface area contributed by atoms with E-state index in [9.17, 15) is 9.50 Å². The predicted molar refractivity (Wildman–Crippen MR) is 58.0 cm³/mol. The first-order valence-electron chi connectivity index (χ1n) is 4.88. The topological polar surface area (TPSA) is 29.5 Å². The molecule has 0 atom stereocenters. The molecule has 0 bridgehead atoms. The maximum absolute atomic E-state index is 13.3. The molecule has 1 fully saturated rings. The van der Waals surface area contributed by atoms with Crippen molar-refractivity contribution in [2.45, 2.75) is 18.4 Å². The number of aliphatic hydroxyl groups is 1.